The van der Waals surface area contributed by atoms with Crippen LogP contribution in [0.1, 0.15) is 17.0 Å². The molecule has 0 spiro atoms. The number of rotatable bonds is 3. The van der Waals surface area contributed by atoms with Crippen LogP contribution in [0.4, 0.5) is 0 Å². The molecule has 21 heavy (non-hydrogen) atoms. The van der Waals surface area contributed by atoms with Crippen LogP contribution in [0.25, 0.3) is 4.96 Å². The van der Waals surface area contributed by atoms with Crippen molar-refractivity contribution < 1.29 is 4.74 Å². The molecule has 2 heterocycles. The van der Waals surface area contributed by atoms with E-state index in [0.29, 0.717) is 22.0 Å². The average molecular weight is 297 g/mol. The second-order valence-electron chi connectivity index (χ2n) is 4.51. The number of fused-ring (bicyclic) bond motifs is 1. The van der Waals surface area contributed by atoms with Gasteiger partial charge in [0, 0.05) is 17.1 Å². The molecule has 0 aliphatic carbocycles. The predicted octanol–water partition coefficient (Wildman–Crippen LogP) is 2.52. The van der Waals surface area contributed by atoms with Crippen LogP contribution in [0.5, 0.6) is 5.75 Å². The van der Waals surface area contributed by atoms with Crippen LogP contribution in [0, 0.1) is 18.3 Å². The largest absolute Gasteiger partial charge is 0.487 e. The minimum absolute atomic E-state index is 0.0998. The number of nitrogens with zero attached hydrogens (tertiary/aromatic N) is 3. The lowest BCUT2D eigenvalue weighted by atomic mass is 10.2. The molecule has 1 aromatic carbocycles. The molecule has 5 nitrogen and oxygen atoms in total. The molecule has 0 fully saturated rings. The smallest absolute Gasteiger partial charge is 0.259 e. The van der Waals surface area contributed by atoms with Crippen LogP contribution in [0.3, 0.4) is 0 Å². The third-order valence-electron chi connectivity index (χ3n) is 3.00. The summed E-state index contributed by atoms with van der Waals surface area (Å²) in [6.45, 7) is 2.09. The lowest BCUT2D eigenvalue weighted by Gasteiger charge is -2.05. The van der Waals surface area contributed by atoms with Gasteiger partial charge in [0.2, 0.25) is 0 Å². The molecule has 0 saturated carbocycles. The molecule has 2 aromatic heterocycles. The average Bonchev–Trinajstić information content (AvgIpc) is 2.87. The van der Waals surface area contributed by atoms with Gasteiger partial charge < -0.3 is 4.74 Å². The normalized spacial score (nSPS) is 10.5. The lowest BCUT2D eigenvalue weighted by Crippen LogP contribution is -2.15. The monoisotopic (exact) mass is 297 g/mol. The fourth-order valence-electron chi connectivity index (χ4n) is 1.96. The molecule has 0 saturated heterocycles. The summed E-state index contributed by atoms with van der Waals surface area (Å²) in [4.78, 5) is 17.1. The molecule has 3 aromatic rings. The topological polar surface area (TPSA) is 67.4 Å². The van der Waals surface area contributed by atoms with Crippen LogP contribution in [-0.2, 0) is 6.61 Å². The van der Waals surface area contributed by atoms with Gasteiger partial charge in [-0.1, -0.05) is 0 Å². The molecular formula is C15H11N3O2S. The second kappa shape index (κ2) is 5.38. The summed E-state index contributed by atoms with van der Waals surface area (Å²) < 4.78 is 7.17. The van der Waals surface area contributed by atoms with Gasteiger partial charge in [-0.2, -0.15) is 5.26 Å². The van der Waals surface area contributed by atoms with E-state index in [2.05, 4.69) is 4.98 Å². The van der Waals surface area contributed by atoms with Crippen molar-refractivity contribution in [2.45, 2.75) is 13.5 Å². The number of nitriles is 1. The maximum absolute atomic E-state index is 12.0. The molecule has 0 amide bonds. The predicted molar refractivity (Wildman–Crippen MR) is 79.6 cm³/mol. The summed E-state index contributed by atoms with van der Waals surface area (Å²) in [5.74, 6) is 0.637. The number of aryl methyl sites for hydroxylation is 1. The Balaban J connectivity index is 1.82. The van der Waals surface area contributed by atoms with Gasteiger partial charge in [-0.3, -0.25) is 9.20 Å². The van der Waals surface area contributed by atoms with Crippen molar-refractivity contribution in [3.63, 3.8) is 0 Å². The van der Waals surface area contributed by atoms with E-state index in [1.807, 2.05) is 18.4 Å². The summed E-state index contributed by atoms with van der Waals surface area (Å²) in [6.07, 6.45) is 0. The Morgan fingerprint density at radius 3 is 2.86 bits per heavy atom. The van der Waals surface area contributed by atoms with Gasteiger partial charge in [-0.05, 0) is 31.2 Å². The fraction of sp³-hybridized carbons (Fsp3) is 0.133. The van der Waals surface area contributed by atoms with E-state index in [1.54, 1.807) is 28.7 Å². The number of benzene rings is 1. The standard InChI is InChI=1S/C15H11N3O2S/c1-10-9-21-15-17-12(6-14(19)18(10)15)8-20-13-4-2-11(7-16)3-5-13/h2-6,9H,8H2,1H3. The summed E-state index contributed by atoms with van der Waals surface area (Å²) in [6, 6.07) is 10.3. The van der Waals surface area contributed by atoms with E-state index in [4.69, 9.17) is 10.00 Å². The van der Waals surface area contributed by atoms with Crippen molar-refractivity contribution in [1.29, 1.82) is 5.26 Å². The molecule has 0 N–H and O–H groups in total. The highest BCUT2D eigenvalue weighted by molar-refractivity contribution is 7.15. The molecular weight excluding hydrogens is 286 g/mol. The quantitative estimate of drug-likeness (QED) is 0.745. The van der Waals surface area contributed by atoms with Crippen molar-refractivity contribution in [1.82, 2.24) is 9.38 Å². The highest BCUT2D eigenvalue weighted by atomic mass is 32.1. The fourth-order valence-corrected chi connectivity index (χ4v) is 2.85. The maximum atomic E-state index is 12.0. The molecule has 0 unspecified atom stereocenters. The van der Waals surface area contributed by atoms with Gasteiger partial charge in [-0.15, -0.1) is 11.3 Å². The zero-order valence-electron chi connectivity index (χ0n) is 11.2. The SMILES string of the molecule is Cc1csc2nc(COc3ccc(C#N)cc3)cc(=O)n12. The van der Waals surface area contributed by atoms with Gasteiger partial charge in [0.25, 0.3) is 5.56 Å². The summed E-state index contributed by atoms with van der Waals surface area (Å²) in [5, 5.41) is 10.6. The molecule has 0 radical (unpaired) electrons. The Morgan fingerprint density at radius 1 is 1.38 bits per heavy atom. The minimum atomic E-state index is -0.0998. The zero-order valence-corrected chi connectivity index (χ0v) is 12.1. The molecule has 104 valence electrons. The maximum Gasteiger partial charge on any atom is 0.259 e. The number of ether oxygens (including phenoxy) is 1. The minimum Gasteiger partial charge on any atom is -0.487 e. The van der Waals surface area contributed by atoms with E-state index in [9.17, 15) is 4.79 Å². The van der Waals surface area contributed by atoms with Gasteiger partial charge >= 0.3 is 0 Å². The molecule has 0 atom stereocenters. The first-order valence-corrected chi connectivity index (χ1v) is 7.15. The highest BCUT2D eigenvalue weighted by Gasteiger charge is 2.07. The van der Waals surface area contributed by atoms with E-state index < -0.39 is 0 Å². The molecule has 0 aliphatic heterocycles. The number of hydrogen-bond donors (Lipinski definition) is 0. The molecule has 0 aliphatic rings. The van der Waals surface area contributed by atoms with Gasteiger partial charge in [0.15, 0.2) is 4.96 Å². The Bertz CT molecular complexity index is 888. The van der Waals surface area contributed by atoms with E-state index >= 15 is 0 Å². The Morgan fingerprint density at radius 2 is 2.14 bits per heavy atom. The van der Waals surface area contributed by atoms with E-state index in [1.165, 1.54) is 17.4 Å². The number of aromatic nitrogens is 2. The summed E-state index contributed by atoms with van der Waals surface area (Å²) in [5.41, 5.74) is 1.95. The van der Waals surface area contributed by atoms with E-state index in [0.717, 1.165) is 5.69 Å². The summed E-state index contributed by atoms with van der Waals surface area (Å²) in [7, 11) is 0. The van der Waals surface area contributed by atoms with Crippen molar-refractivity contribution in [3.05, 3.63) is 63.0 Å². The van der Waals surface area contributed by atoms with Crippen LogP contribution in [0.2, 0.25) is 0 Å². The Hall–Kier alpha value is -2.65. The van der Waals surface area contributed by atoms with Gasteiger partial charge in [0.05, 0.1) is 17.3 Å². The number of thiazole rings is 1. The van der Waals surface area contributed by atoms with Crippen LogP contribution >= 0.6 is 11.3 Å². The Kier molecular flexibility index (Phi) is 3.42. The zero-order chi connectivity index (χ0) is 14.8. The molecule has 3 rings (SSSR count). The molecule has 0 bridgehead atoms. The van der Waals surface area contributed by atoms with E-state index in [-0.39, 0.29) is 12.2 Å². The highest BCUT2D eigenvalue weighted by Crippen LogP contribution is 2.15. The van der Waals surface area contributed by atoms with Gasteiger partial charge in [-0.25, -0.2) is 4.98 Å². The molecule has 6 heteroatoms. The third-order valence-corrected chi connectivity index (χ3v) is 3.94. The van der Waals surface area contributed by atoms with Crippen LogP contribution in [-0.4, -0.2) is 9.38 Å². The van der Waals surface area contributed by atoms with Crippen LogP contribution < -0.4 is 10.3 Å². The van der Waals surface area contributed by atoms with Crippen molar-refractivity contribution in [3.8, 4) is 11.8 Å². The Labute approximate surface area is 124 Å². The first kappa shape index (κ1) is 13.3. The van der Waals surface area contributed by atoms with Crippen molar-refractivity contribution in [2.24, 2.45) is 0 Å². The second-order valence-corrected chi connectivity index (χ2v) is 5.34. The van der Waals surface area contributed by atoms with Crippen molar-refractivity contribution >= 4 is 16.3 Å². The summed E-state index contributed by atoms with van der Waals surface area (Å²) >= 11 is 1.43. The lowest BCUT2D eigenvalue weighted by molar-refractivity contribution is 0.301. The van der Waals surface area contributed by atoms with Crippen molar-refractivity contribution in [2.75, 3.05) is 0 Å². The van der Waals surface area contributed by atoms with Gasteiger partial charge in [0.1, 0.15) is 12.4 Å². The van der Waals surface area contributed by atoms with Crippen LogP contribution in [0.15, 0.2) is 40.5 Å². The first-order chi connectivity index (χ1) is 10.2. The number of hydrogen-bond acceptors (Lipinski definition) is 5. The third kappa shape index (κ3) is 2.64. The first-order valence-electron chi connectivity index (χ1n) is 6.27.